The Morgan fingerprint density at radius 1 is 1.32 bits per heavy atom. The van der Waals surface area contributed by atoms with Crippen LogP contribution in [0.3, 0.4) is 0 Å². The summed E-state index contributed by atoms with van der Waals surface area (Å²) in [7, 11) is 0. The van der Waals surface area contributed by atoms with Crippen LogP contribution in [0.25, 0.3) is 0 Å². The fourth-order valence-corrected chi connectivity index (χ4v) is 2.99. The molecule has 1 amide bonds. The van der Waals surface area contributed by atoms with Gasteiger partial charge in [-0.05, 0) is 44.7 Å². The predicted octanol–water partition coefficient (Wildman–Crippen LogP) is 3.23. The third kappa shape index (κ3) is 2.89. The summed E-state index contributed by atoms with van der Waals surface area (Å²) in [4.78, 5) is 19.0. The van der Waals surface area contributed by atoms with Crippen LogP contribution in [-0.2, 0) is 0 Å². The number of hydrogen-bond acceptors (Lipinski definition) is 3. The van der Waals surface area contributed by atoms with Gasteiger partial charge >= 0.3 is 0 Å². The summed E-state index contributed by atoms with van der Waals surface area (Å²) in [6.45, 7) is 4.91. The Balaban J connectivity index is 1.85. The normalized spacial score (nSPS) is 18.7. The minimum atomic E-state index is 0.0699. The Labute approximate surface area is 131 Å². The Morgan fingerprint density at radius 2 is 2.18 bits per heavy atom. The van der Waals surface area contributed by atoms with Gasteiger partial charge < -0.3 is 4.90 Å². The van der Waals surface area contributed by atoms with E-state index in [1.807, 2.05) is 28.0 Å². The quantitative estimate of drug-likeness (QED) is 0.874. The molecule has 0 aromatic carbocycles. The monoisotopic (exact) mass is 298 g/mol. The van der Waals surface area contributed by atoms with E-state index in [9.17, 15) is 4.79 Å². The molecule has 0 N–H and O–H groups in total. The first-order valence-electron chi connectivity index (χ1n) is 7.92. The summed E-state index contributed by atoms with van der Waals surface area (Å²) in [5, 5.41) is 4.29. The smallest absolute Gasteiger partial charge is 0.257 e. The number of carbonyl (C=O) groups is 1. The zero-order chi connectivity index (χ0) is 15.5. The lowest BCUT2D eigenvalue weighted by Gasteiger charge is -2.35. The molecule has 0 bridgehead atoms. The summed E-state index contributed by atoms with van der Waals surface area (Å²) in [6.07, 6.45) is 10.4. The van der Waals surface area contributed by atoms with Gasteiger partial charge in [0.15, 0.2) is 0 Å². The molecule has 2 aromatic heterocycles. The molecule has 116 valence electrons. The number of pyridine rings is 1. The Kier molecular flexibility index (Phi) is 4.22. The zero-order valence-corrected chi connectivity index (χ0v) is 13.1. The Bertz CT molecular complexity index is 635. The van der Waals surface area contributed by atoms with Gasteiger partial charge in [0, 0.05) is 31.2 Å². The van der Waals surface area contributed by atoms with Crippen molar-refractivity contribution in [1.29, 1.82) is 0 Å². The number of rotatable bonds is 3. The number of hydrogen-bond donors (Lipinski definition) is 0. The van der Waals surface area contributed by atoms with Gasteiger partial charge in [-0.2, -0.15) is 5.10 Å². The van der Waals surface area contributed by atoms with Crippen LogP contribution in [0.2, 0.25) is 0 Å². The van der Waals surface area contributed by atoms with Crippen molar-refractivity contribution in [3.05, 3.63) is 48.0 Å². The summed E-state index contributed by atoms with van der Waals surface area (Å²) < 4.78 is 1.83. The summed E-state index contributed by atoms with van der Waals surface area (Å²) in [5.74, 6) is 0.0699. The van der Waals surface area contributed by atoms with E-state index in [1.165, 1.54) is 0 Å². The molecule has 1 aliphatic rings. The number of nitrogens with zero attached hydrogens (tertiary/aromatic N) is 4. The second-order valence-corrected chi connectivity index (χ2v) is 6.10. The third-order valence-corrected chi connectivity index (χ3v) is 4.21. The van der Waals surface area contributed by atoms with Crippen molar-refractivity contribution in [3.63, 3.8) is 0 Å². The van der Waals surface area contributed by atoms with Gasteiger partial charge in [0.05, 0.1) is 17.8 Å². The maximum absolute atomic E-state index is 12.9. The second kappa shape index (κ2) is 6.30. The summed E-state index contributed by atoms with van der Waals surface area (Å²) in [6, 6.07) is 4.37. The van der Waals surface area contributed by atoms with Gasteiger partial charge in [-0.25, -0.2) is 0 Å². The average Bonchev–Trinajstić information content (AvgIpc) is 3.05. The van der Waals surface area contributed by atoms with Crippen LogP contribution < -0.4 is 0 Å². The van der Waals surface area contributed by atoms with Crippen molar-refractivity contribution >= 4 is 5.91 Å². The van der Waals surface area contributed by atoms with Crippen molar-refractivity contribution in [2.45, 2.75) is 45.2 Å². The number of likely N-dealkylation sites (tertiary alicyclic amines) is 1. The molecule has 2 aromatic rings. The largest absolute Gasteiger partial charge is 0.331 e. The molecule has 3 heterocycles. The maximum Gasteiger partial charge on any atom is 0.257 e. The molecule has 0 saturated carbocycles. The third-order valence-electron chi connectivity index (χ3n) is 4.21. The van der Waals surface area contributed by atoms with Crippen LogP contribution in [0.1, 0.15) is 61.1 Å². The molecule has 3 rings (SSSR count). The molecule has 1 fully saturated rings. The van der Waals surface area contributed by atoms with E-state index in [0.29, 0.717) is 5.56 Å². The van der Waals surface area contributed by atoms with Crippen molar-refractivity contribution in [2.75, 3.05) is 6.54 Å². The van der Waals surface area contributed by atoms with E-state index < -0.39 is 0 Å². The molecule has 0 radical (unpaired) electrons. The van der Waals surface area contributed by atoms with Crippen LogP contribution >= 0.6 is 0 Å². The van der Waals surface area contributed by atoms with Gasteiger partial charge in [0.25, 0.3) is 5.91 Å². The van der Waals surface area contributed by atoms with Crippen molar-refractivity contribution < 1.29 is 4.79 Å². The minimum Gasteiger partial charge on any atom is -0.331 e. The highest BCUT2D eigenvalue weighted by Gasteiger charge is 2.29. The van der Waals surface area contributed by atoms with Gasteiger partial charge in [-0.15, -0.1) is 0 Å². The van der Waals surface area contributed by atoms with E-state index in [2.05, 4.69) is 30.0 Å². The van der Waals surface area contributed by atoms with Crippen LogP contribution in [-0.4, -0.2) is 32.1 Å². The van der Waals surface area contributed by atoms with Crippen LogP contribution in [0.15, 0.2) is 36.9 Å². The molecular weight excluding hydrogens is 276 g/mol. The average molecular weight is 298 g/mol. The standard InChI is InChI=1S/C17H22N4O/c1-13(2)21-12-15(11-19-21)17(22)20-9-4-3-7-16(20)14-6-5-8-18-10-14/h5-6,8,10-13,16H,3-4,7,9H2,1-2H3/t16-/m1/s1. The van der Waals surface area contributed by atoms with Gasteiger partial charge in [0.1, 0.15) is 0 Å². The topological polar surface area (TPSA) is 51.0 Å². The van der Waals surface area contributed by atoms with Gasteiger partial charge in [-0.1, -0.05) is 6.07 Å². The van der Waals surface area contributed by atoms with E-state index in [0.717, 1.165) is 31.4 Å². The van der Waals surface area contributed by atoms with E-state index in [1.54, 1.807) is 12.4 Å². The predicted molar refractivity (Wildman–Crippen MR) is 84.5 cm³/mol. The lowest BCUT2D eigenvalue weighted by Crippen LogP contribution is -2.38. The van der Waals surface area contributed by atoms with E-state index >= 15 is 0 Å². The zero-order valence-electron chi connectivity index (χ0n) is 13.1. The molecule has 5 nitrogen and oxygen atoms in total. The molecule has 0 spiro atoms. The molecule has 1 atom stereocenters. The minimum absolute atomic E-state index is 0.0699. The highest BCUT2D eigenvalue weighted by Crippen LogP contribution is 2.31. The van der Waals surface area contributed by atoms with Gasteiger partial charge in [-0.3, -0.25) is 14.5 Å². The molecule has 5 heteroatoms. The van der Waals surface area contributed by atoms with Crippen LogP contribution in [0.4, 0.5) is 0 Å². The Hall–Kier alpha value is -2.17. The highest BCUT2D eigenvalue weighted by atomic mass is 16.2. The van der Waals surface area contributed by atoms with Crippen LogP contribution in [0.5, 0.6) is 0 Å². The van der Waals surface area contributed by atoms with Crippen molar-refractivity contribution in [1.82, 2.24) is 19.7 Å². The first-order chi connectivity index (χ1) is 10.7. The first kappa shape index (κ1) is 14.8. The van der Waals surface area contributed by atoms with Gasteiger partial charge in [0.2, 0.25) is 0 Å². The van der Waals surface area contributed by atoms with E-state index in [4.69, 9.17) is 0 Å². The number of aromatic nitrogens is 3. The number of amides is 1. The second-order valence-electron chi connectivity index (χ2n) is 6.10. The van der Waals surface area contributed by atoms with Crippen molar-refractivity contribution in [2.24, 2.45) is 0 Å². The lowest BCUT2D eigenvalue weighted by atomic mass is 9.96. The SMILES string of the molecule is CC(C)n1cc(C(=O)N2CCCC[C@@H]2c2cccnc2)cn1. The first-order valence-corrected chi connectivity index (χ1v) is 7.92. The van der Waals surface area contributed by atoms with Crippen LogP contribution in [0, 0.1) is 0 Å². The van der Waals surface area contributed by atoms with E-state index in [-0.39, 0.29) is 18.0 Å². The molecule has 1 saturated heterocycles. The fraction of sp³-hybridized carbons (Fsp3) is 0.471. The molecule has 0 unspecified atom stereocenters. The summed E-state index contributed by atoms with van der Waals surface area (Å²) in [5.41, 5.74) is 1.79. The number of piperidine rings is 1. The maximum atomic E-state index is 12.9. The lowest BCUT2D eigenvalue weighted by molar-refractivity contribution is 0.0611. The molecule has 22 heavy (non-hydrogen) atoms. The molecular formula is C17H22N4O. The highest BCUT2D eigenvalue weighted by molar-refractivity contribution is 5.94. The fourth-order valence-electron chi connectivity index (χ4n) is 2.99. The summed E-state index contributed by atoms with van der Waals surface area (Å²) >= 11 is 0. The molecule has 0 aliphatic carbocycles. The number of carbonyl (C=O) groups excluding carboxylic acids is 1. The Morgan fingerprint density at radius 3 is 2.86 bits per heavy atom. The molecule has 1 aliphatic heterocycles. The van der Waals surface area contributed by atoms with Crippen molar-refractivity contribution in [3.8, 4) is 0 Å².